The van der Waals surface area contributed by atoms with Gasteiger partial charge in [-0.3, -0.25) is 9.59 Å². The molecule has 2 aromatic heterocycles. The van der Waals surface area contributed by atoms with Gasteiger partial charge in [-0.25, -0.2) is 0 Å². The summed E-state index contributed by atoms with van der Waals surface area (Å²) in [6.07, 6.45) is 0.626. The van der Waals surface area contributed by atoms with Crippen molar-refractivity contribution in [2.75, 3.05) is 13.7 Å². The van der Waals surface area contributed by atoms with Crippen molar-refractivity contribution in [1.82, 2.24) is 15.6 Å². The first-order chi connectivity index (χ1) is 13.5. The molecule has 0 aliphatic heterocycles. The molecule has 0 spiro atoms. The van der Waals surface area contributed by atoms with Crippen LogP contribution in [-0.4, -0.2) is 36.6 Å². The molecule has 4 rings (SSSR count). The van der Waals surface area contributed by atoms with Crippen LogP contribution in [0.2, 0.25) is 9.36 Å². The predicted molar refractivity (Wildman–Crippen MR) is 110 cm³/mol. The van der Waals surface area contributed by atoms with E-state index in [1.165, 1.54) is 18.4 Å². The second kappa shape index (κ2) is 7.75. The molecule has 2 heterocycles. The van der Waals surface area contributed by atoms with E-state index in [9.17, 15) is 9.59 Å². The zero-order chi connectivity index (χ0) is 19.8. The summed E-state index contributed by atoms with van der Waals surface area (Å²) in [7, 11) is 1.47. The van der Waals surface area contributed by atoms with Gasteiger partial charge in [0.1, 0.15) is 16.6 Å². The number of rotatable bonds is 5. The highest BCUT2D eigenvalue weighted by Gasteiger charge is 2.34. The number of carbonyl (C=O) groups excluding carboxylic acids is 2. The highest BCUT2D eigenvalue weighted by atomic mass is 35.5. The van der Waals surface area contributed by atoms with Gasteiger partial charge >= 0.3 is 0 Å². The van der Waals surface area contributed by atoms with Crippen LogP contribution in [0.3, 0.4) is 0 Å². The number of aromatic nitrogens is 1. The maximum atomic E-state index is 12.8. The number of carbonyl (C=O) groups is 2. The van der Waals surface area contributed by atoms with Crippen LogP contribution < -0.4 is 10.6 Å². The number of H-pyrrole nitrogens is 1. The lowest BCUT2D eigenvalue weighted by Gasteiger charge is -2.23. The number of aromatic amines is 1. The first-order valence-electron chi connectivity index (χ1n) is 8.61. The summed E-state index contributed by atoms with van der Waals surface area (Å²) < 4.78 is 6.21. The topological polar surface area (TPSA) is 83.2 Å². The molecule has 0 saturated heterocycles. The first-order valence-corrected chi connectivity index (χ1v) is 10.2. The third-order valence-corrected chi connectivity index (χ3v) is 6.69. The summed E-state index contributed by atoms with van der Waals surface area (Å²) in [5.41, 5.74) is 3.15. The molecule has 0 fully saturated rings. The zero-order valence-corrected chi connectivity index (χ0v) is 17.2. The second-order valence-corrected chi connectivity index (χ2v) is 8.61. The van der Waals surface area contributed by atoms with Crippen LogP contribution in [0.5, 0.6) is 0 Å². The fraction of sp³-hybridized carbons (Fsp3) is 0.263. The molecule has 0 saturated carbocycles. The zero-order valence-electron chi connectivity index (χ0n) is 14.8. The van der Waals surface area contributed by atoms with Gasteiger partial charge < -0.3 is 20.4 Å². The number of benzene rings is 1. The van der Waals surface area contributed by atoms with Crippen LogP contribution in [-0.2, 0) is 16.0 Å². The maximum Gasteiger partial charge on any atom is 0.268 e. The Morgan fingerprint density at radius 3 is 2.82 bits per heavy atom. The number of nitrogens with one attached hydrogen (secondary N) is 3. The Bertz CT molecular complexity index is 1060. The number of thiophene rings is 1. The number of hydrogen-bond donors (Lipinski definition) is 3. The Morgan fingerprint density at radius 1 is 1.29 bits per heavy atom. The highest BCUT2D eigenvalue weighted by molar-refractivity contribution is 7.23. The normalized spacial score (nSPS) is 18.2. The molecule has 146 valence electrons. The molecule has 9 heteroatoms. The standard InChI is InChI=1S/C19H17Cl2N3O3S/c1-27-8-14(25)24-16-10-5-3-2-4-9(10)6-11(16)23-19(26)12-7-13-17(22-12)15(20)18(21)28-13/h2-5,7,11,16,22H,6,8H2,1H3,(H,23,26)(H,24,25)/t11-,16+/m1/s1. The van der Waals surface area contributed by atoms with Crippen molar-refractivity contribution in [2.45, 2.75) is 18.5 Å². The molecular weight excluding hydrogens is 421 g/mol. The third-order valence-electron chi connectivity index (χ3n) is 4.76. The number of hydrogen-bond acceptors (Lipinski definition) is 4. The number of halogens is 2. The SMILES string of the molecule is COCC(=O)N[C@H]1c2ccccc2C[C@H]1NC(=O)c1cc2sc(Cl)c(Cl)c2[nH]1. The minimum atomic E-state index is -0.322. The molecule has 2 amide bonds. The van der Waals surface area contributed by atoms with Crippen LogP contribution in [0.15, 0.2) is 30.3 Å². The molecule has 1 aliphatic carbocycles. The van der Waals surface area contributed by atoms with Gasteiger partial charge in [-0.05, 0) is 23.6 Å². The van der Waals surface area contributed by atoms with Crippen LogP contribution in [0.4, 0.5) is 0 Å². The molecule has 6 nitrogen and oxygen atoms in total. The minimum absolute atomic E-state index is 0.0362. The van der Waals surface area contributed by atoms with Crippen LogP contribution in [0.25, 0.3) is 10.2 Å². The van der Waals surface area contributed by atoms with Crippen LogP contribution >= 0.6 is 34.5 Å². The predicted octanol–water partition coefficient (Wildman–Crippen LogP) is 3.69. The third kappa shape index (κ3) is 3.51. The summed E-state index contributed by atoms with van der Waals surface area (Å²) in [6, 6.07) is 8.97. The van der Waals surface area contributed by atoms with Crippen molar-refractivity contribution in [2.24, 2.45) is 0 Å². The quantitative estimate of drug-likeness (QED) is 0.568. The van der Waals surface area contributed by atoms with Gasteiger partial charge in [-0.15, -0.1) is 11.3 Å². The van der Waals surface area contributed by atoms with Crippen molar-refractivity contribution >= 4 is 56.6 Å². The second-order valence-electron chi connectivity index (χ2n) is 6.57. The van der Waals surface area contributed by atoms with Crippen molar-refractivity contribution in [3.05, 3.63) is 56.5 Å². The molecule has 3 N–H and O–H groups in total. The Hall–Kier alpha value is -2.06. The first kappa shape index (κ1) is 19.3. The fourth-order valence-electron chi connectivity index (χ4n) is 3.54. The Labute approximate surface area is 175 Å². The van der Waals surface area contributed by atoms with Gasteiger partial charge in [-0.2, -0.15) is 0 Å². The monoisotopic (exact) mass is 437 g/mol. The van der Waals surface area contributed by atoms with E-state index in [1.807, 2.05) is 24.3 Å². The molecule has 3 aromatic rings. The summed E-state index contributed by atoms with van der Waals surface area (Å²) in [4.78, 5) is 27.9. The molecule has 0 bridgehead atoms. The average molecular weight is 438 g/mol. The Morgan fingerprint density at radius 2 is 2.07 bits per heavy atom. The molecule has 28 heavy (non-hydrogen) atoms. The number of amides is 2. The lowest BCUT2D eigenvalue weighted by atomic mass is 10.1. The molecule has 0 radical (unpaired) electrons. The van der Waals surface area contributed by atoms with Gasteiger partial charge in [-0.1, -0.05) is 47.5 Å². The molecular formula is C19H17Cl2N3O3S. The summed E-state index contributed by atoms with van der Waals surface area (Å²) >= 11 is 13.5. The lowest BCUT2D eigenvalue weighted by molar-refractivity contribution is -0.125. The van der Waals surface area contributed by atoms with Crippen LogP contribution in [0, 0.1) is 0 Å². The average Bonchev–Trinajstić information content (AvgIpc) is 3.30. The molecule has 1 aromatic carbocycles. The fourth-order valence-corrected chi connectivity index (χ4v) is 5.02. The lowest BCUT2D eigenvalue weighted by Crippen LogP contribution is -2.45. The smallest absolute Gasteiger partial charge is 0.268 e. The van der Waals surface area contributed by atoms with E-state index in [1.54, 1.807) is 6.07 Å². The Balaban J connectivity index is 1.56. The Kier molecular flexibility index (Phi) is 5.33. The minimum Gasteiger partial charge on any atom is -0.375 e. The molecule has 1 aliphatic rings. The van der Waals surface area contributed by atoms with Crippen molar-refractivity contribution in [3.8, 4) is 0 Å². The number of methoxy groups -OCH3 is 1. The summed E-state index contributed by atoms with van der Waals surface area (Å²) in [5.74, 6) is -0.496. The molecule has 0 unspecified atom stereocenters. The molecule has 2 atom stereocenters. The van der Waals surface area contributed by atoms with Crippen LogP contribution in [0.1, 0.15) is 27.7 Å². The van der Waals surface area contributed by atoms with E-state index in [-0.39, 0.29) is 30.5 Å². The summed E-state index contributed by atoms with van der Waals surface area (Å²) in [6.45, 7) is -0.0362. The highest BCUT2D eigenvalue weighted by Crippen LogP contribution is 2.39. The van der Waals surface area contributed by atoms with Gasteiger partial charge in [0.25, 0.3) is 5.91 Å². The maximum absolute atomic E-state index is 12.8. The van der Waals surface area contributed by atoms with E-state index < -0.39 is 0 Å². The van der Waals surface area contributed by atoms with Crippen molar-refractivity contribution in [1.29, 1.82) is 0 Å². The van der Waals surface area contributed by atoms with E-state index in [0.717, 1.165) is 15.8 Å². The van der Waals surface area contributed by atoms with E-state index in [0.29, 0.717) is 27.0 Å². The summed E-state index contributed by atoms with van der Waals surface area (Å²) in [5, 5.41) is 6.40. The number of fused-ring (bicyclic) bond motifs is 2. The van der Waals surface area contributed by atoms with Crippen molar-refractivity contribution in [3.63, 3.8) is 0 Å². The largest absolute Gasteiger partial charge is 0.375 e. The van der Waals surface area contributed by atoms with Gasteiger partial charge in [0.2, 0.25) is 5.91 Å². The van der Waals surface area contributed by atoms with Gasteiger partial charge in [0, 0.05) is 7.11 Å². The van der Waals surface area contributed by atoms with E-state index >= 15 is 0 Å². The van der Waals surface area contributed by atoms with Crippen molar-refractivity contribution < 1.29 is 14.3 Å². The van der Waals surface area contributed by atoms with E-state index in [2.05, 4.69) is 15.6 Å². The van der Waals surface area contributed by atoms with Gasteiger partial charge in [0.15, 0.2) is 0 Å². The van der Waals surface area contributed by atoms with E-state index in [4.69, 9.17) is 27.9 Å². The van der Waals surface area contributed by atoms with Gasteiger partial charge in [0.05, 0.1) is 27.3 Å². The number of ether oxygens (including phenoxy) is 1.